The van der Waals surface area contributed by atoms with E-state index in [1.54, 1.807) is 17.0 Å². The fraction of sp³-hybridized carbons (Fsp3) is 0.429. The Bertz CT molecular complexity index is 509. The number of fused-ring (bicyclic) bond motifs is 1. The number of nitrogens with zero attached hydrogens (tertiary/aromatic N) is 2. The van der Waals surface area contributed by atoms with Crippen LogP contribution in [-0.4, -0.2) is 56.0 Å². The fourth-order valence-electron chi connectivity index (χ4n) is 2.54. The number of hydrogen-bond donors (Lipinski definition) is 0. The molecule has 0 spiro atoms. The summed E-state index contributed by atoms with van der Waals surface area (Å²) >= 11 is 0. The molecule has 0 radical (unpaired) electrons. The molecule has 19 heavy (non-hydrogen) atoms. The van der Waals surface area contributed by atoms with Gasteiger partial charge in [-0.05, 0) is 12.1 Å². The first-order chi connectivity index (χ1) is 9.27. The number of benzene rings is 1. The van der Waals surface area contributed by atoms with E-state index in [-0.39, 0.29) is 0 Å². The average molecular weight is 260 g/mol. The lowest BCUT2D eigenvalue weighted by Gasteiger charge is -2.28. The van der Waals surface area contributed by atoms with Gasteiger partial charge < -0.3 is 9.64 Å². The number of para-hydroxylation sites is 1. The number of rotatable bonds is 3. The van der Waals surface area contributed by atoms with E-state index in [4.69, 9.17) is 4.74 Å². The maximum absolute atomic E-state index is 12.0. The number of ether oxygens (including phenoxy) is 1. The van der Waals surface area contributed by atoms with Crippen molar-refractivity contribution < 1.29 is 14.3 Å². The van der Waals surface area contributed by atoms with Crippen molar-refractivity contribution in [2.45, 2.75) is 0 Å². The summed E-state index contributed by atoms with van der Waals surface area (Å²) in [6.45, 7) is 4.58. The van der Waals surface area contributed by atoms with Gasteiger partial charge >= 0.3 is 0 Å². The van der Waals surface area contributed by atoms with Crippen LogP contribution in [0.15, 0.2) is 24.3 Å². The van der Waals surface area contributed by atoms with Crippen LogP contribution in [0.5, 0.6) is 0 Å². The van der Waals surface area contributed by atoms with Gasteiger partial charge in [-0.2, -0.15) is 0 Å². The number of carbonyl (C=O) groups excluding carboxylic acids is 2. The highest BCUT2D eigenvalue weighted by Crippen LogP contribution is 2.28. The monoisotopic (exact) mass is 260 g/mol. The summed E-state index contributed by atoms with van der Waals surface area (Å²) in [5.74, 6) is -0.799. The summed E-state index contributed by atoms with van der Waals surface area (Å²) in [6, 6.07) is 7.18. The zero-order valence-electron chi connectivity index (χ0n) is 10.7. The van der Waals surface area contributed by atoms with Crippen molar-refractivity contribution >= 4 is 17.4 Å². The van der Waals surface area contributed by atoms with Crippen LogP contribution in [0.3, 0.4) is 0 Å². The quantitative estimate of drug-likeness (QED) is 0.745. The number of morpholine rings is 1. The number of anilines is 1. The van der Waals surface area contributed by atoms with Crippen molar-refractivity contribution in [2.75, 3.05) is 44.3 Å². The minimum Gasteiger partial charge on any atom is -0.379 e. The Morgan fingerprint density at radius 2 is 1.79 bits per heavy atom. The van der Waals surface area contributed by atoms with Crippen molar-refractivity contribution in [2.24, 2.45) is 0 Å². The van der Waals surface area contributed by atoms with Gasteiger partial charge in [-0.1, -0.05) is 12.1 Å². The molecule has 0 N–H and O–H groups in total. The standard InChI is InChI=1S/C14H16N2O3/c17-13-11-3-1-2-4-12(11)16(14(13)18)6-5-15-7-9-19-10-8-15/h1-4H,5-10H2. The third kappa shape index (κ3) is 2.27. The van der Waals surface area contributed by atoms with Crippen LogP contribution in [-0.2, 0) is 9.53 Å². The molecule has 0 bridgehead atoms. The highest BCUT2D eigenvalue weighted by molar-refractivity contribution is 6.52. The van der Waals surface area contributed by atoms with Crippen molar-refractivity contribution in [1.29, 1.82) is 0 Å². The third-order valence-corrected chi connectivity index (χ3v) is 3.62. The molecule has 0 aromatic heterocycles. The van der Waals surface area contributed by atoms with Crippen molar-refractivity contribution in [3.05, 3.63) is 29.8 Å². The molecule has 0 aliphatic carbocycles. The molecule has 1 aromatic carbocycles. The van der Waals surface area contributed by atoms with Gasteiger partial charge in [0.05, 0.1) is 24.5 Å². The number of ketones is 1. The Balaban J connectivity index is 1.71. The second-order valence-corrected chi connectivity index (χ2v) is 4.76. The van der Waals surface area contributed by atoms with Crippen LogP contribution in [0.1, 0.15) is 10.4 Å². The van der Waals surface area contributed by atoms with Crippen LogP contribution in [0, 0.1) is 0 Å². The van der Waals surface area contributed by atoms with E-state index in [1.807, 2.05) is 12.1 Å². The van der Waals surface area contributed by atoms with Gasteiger partial charge in [0.1, 0.15) is 0 Å². The predicted molar refractivity (Wildman–Crippen MR) is 70.4 cm³/mol. The average Bonchev–Trinajstić information content (AvgIpc) is 2.71. The smallest absolute Gasteiger partial charge is 0.299 e. The highest BCUT2D eigenvalue weighted by atomic mass is 16.5. The van der Waals surface area contributed by atoms with Crippen LogP contribution in [0.2, 0.25) is 0 Å². The maximum Gasteiger partial charge on any atom is 0.299 e. The van der Waals surface area contributed by atoms with Gasteiger partial charge in [-0.3, -0.25) is 14.5 Å². The van der Waals surface area contributed by atoms with E-state index >= 15 is 0 Å². The Hall–Kier alpha value is -1.72. The first kappa shape index (κ1) is 12.3. The van der Waals surface area contributed by atoms with Crippen LogP contribution in [0.4, 0.5) is 5.69 Å². The lowest BCUT2D eigenvalue weighted by molar-refractivity contribution is -0.114. The maximum atomic E-state index is 12.0. The summed E-state index contributed by atoms with van der Waals surface area (Å²) in [7, 11) is 0. The van der Waals surface area contributed by atoms with Gasteiger partial charge in [-0.15, -0.1) is 0 Å². The first-order valence-corrected chi connectivity index (χ1v) is 6.53. The molecule has 1 aromatic rings. The Kier molecular flexibility index (Phi) is 3.31. The molecule has 3 rings (SSSR count). The van der Waals surface area contributed by atoms with Gasteiger partial charge in [-0.25, -0.2) is 0 Å². The minimum atomic E-state index is -0.408. The summed E-state index contributed by atoms with van der Waals surface area (Å²) in [5.41, 5.74) is 1.26. The minimum absolute atomic E-state index is 0.391. The van der Waals surface area contributed by atoms with E-state index < -0.39 is 11.7 Å². The molecule has 100 valence electrons. The van der Waals surface area contributed by atoms with Gasteiger partial charge in [0.15, 0.2) is 0 Å². The van der Waals surface area contributed by atoms with Crippen LogP contribution >= 0.6 is 0 Å². The largest absolute Gasteiger partial charge is 0.379 e. The number of hydrogen-bond acceptors (Lipinski definition) is 4. The zero-order chi connectivity index (χ0) is 13.2. The molecule has 2 aliphatic heterocycles. The molecule has 0 saturated carbocycles. The zero-order valence-corrected chi connectivity index (χ0v) is 10.7. The van der Waals surface area contributed by atoms with E-state index in [0.29, 0.717) is 12.1 Å². The molecular weight excluding hydrogens is 244 g/mol. The van der Waals surface area contributed by atoms with Crippen LogP contribution < -0.4 is 4.90 Å². The van der Waals surface area contributed by atoms with Gasteiger partial charge in [0.2, 0.25) is 0 Å². The summed E-state index contributed by atoms with van der Waals surface area (Å²) < 4.78 is 5.29. The van der Waals surface area contributed by atoms with Gasteiger partial charge in [0.25, 0.3) is 11.7 Å². The van der Waals surface area contributed by atoms with E-state index in [9.17, 15) is 9.59 Å². The molecule has 0 unspecified atom stereocenters. The second kappa shape index (κ2) is 5.11. The van der Waals surface area contributed by atoms with Crippen LogP contribution in [0.25, 0.3) is 0 Å². The second-order valence-electron chi connectivity index (χ2n) is 4.76. The molecule has 5 nitrogen and oxygen atoms in total. The fourth-order valence-corrected chi connectivity index (χ4v) is 2.54. The lowest BCUT2D eigenvalue weighted by atomic mass is 10.1. The number of carbonyl (C=O) groups is 2. The Labute approximate surface area is 111 Å². The first-order valence-electron chi connectivity index (χ1n) is 6.53. The molecule has 2 heterocycles. The molecule has 1 saturated heterocycles. The summed E-state index contributed by atoms with van der Waals surface area (Å²) in [4.78, 5) is 27.6. The highest BCUT2D eigenvalue weighted by Gasteiger charge is 2.35. The lowest BCUT2D eigenvalue weighted by Crippen LogP contribution is -2.42. The molecule has 1 fully saturated rings. The number of amides is 1. The third-order valence-electron chi connectivity index (χ3n) is 3.62. The number of Topliss-reactive ketones (excluding diaryl/α,β-unsaturated/α-hetero) is 1. The molecular formula is C14H16N2O3. The van der Waals surface area contributed by atoms with Crippen molar-refractivity contribution in [3.8, 4) is 0 Å². The Morgan fingerprint density at radius 1 is 1.05 bits per heavy atom. The Morgan fingerprint density at radius 3 is 2.58 bits per heavy atom. The molecule has 0 atom stereocenters. The SMILES string of the molecule is O=C1C(=O)N(CCN2CCOCC2)c2ccccc21. The molecule has 2 aliphatic rings. The summed E-state index contributed by atoms with van der Waals surface area (Å²) in [6.07, 6.45) is 0. The summed E-state index contributed by atoms with van der Waals surface area (Å²) in [5, 5.41) is 0. The topological polar surface area (TPSA) is 49.9 Å². The van der Waals surface area contributed by atoms with E-state index in [0.717, 1.165) is 38.5 Å². The normalized spacial score (nSPS) is 19.9. The predicted octanol–water partition coefficient (Wildman–Crippen LogP) is 0.548. The van der Waals surface area contributed by atoms with E-state index in [2.05, 4.69) is 4.90 Å². The van der Waals surface area contributed by atoms with Gasteiger partial charge in [0, 0.05) is 26.2 Å². The van der Waals surface area contributed by atoms with E-state index in [1.165, 1.54) is 0 Å². The molecule has 5 heteroatoms. The van der Waals surface area contributed by atoms with Crippen molar-refractivity contribution in [1.82, 2.24) is 4.90 Å². The van der Waals surface area contributed by atoms with Crippen molar-refractivity contribution in [3.63, 3.8) is 0 Å². The molecule has 1 amide bonds.